The van der Waals surface area contributed by atoms with E-state index in [0.29, 0.717) is 24.4 Å². The lowest BCUT2D eigenvalue weighted by Crippen LogP contribution is -2.55. The molecule has 36 heavy (non-hydrogen) atoms. The van der Waals surface area contributed by atoms with Crippen LogP contribution in [0.25, 0.3) is 22.0 Å². The summed E-state index contributed by atoms with van der Waals surface area (Å²) in [7, 11) is 0. The Balaban J connectivity index is 1.02. The van der Waals surface area contributed by atoms with E-state index < -0.39 is 5.54 Å². The normalized spacial score (nSPS) is 22.9. The third-order valence-electron chi connectivity index (χ3n) is 8.54. The lowest BCUT2D eigenvalue weighted by molar-refractivity contribution is -0.139. The van der Waals surface area contributed by atoms with Crippen LogP contribution in [-0.4, -0.2) is 62.4 Å². The van der Waals surface area contributed by atoms with Crippen molar-refractivity contribution >= 4 is 28.6 Å². The van der Waals surface area contributed by atoms with Crippen LogP contribution < -0.4 is 0 Å². The van der Waals surface area contributed by atoms with Crippen LogP contribution in [0.2, 0.25) is 0 Å². The number of aliphatic imine (C=N–C) groups is 1. The van der Waals surface area contributed by atoms with Gasteiger partial charge in [-0.15, -0.1) is 0 Å². The Morgan fingerprint density at radius 2 is 1.67 bits per heavy atom. The first-order chi connectivity index (χ1) is 17.6. The molecule has 0 unspecified atom stereocenters. The fraction of sp³-hybridized carbons (Fsp3) is 0.448. The molecule has 2 aliphatic heterocycles. The molecule has 3 heterocycles. The Bertz CT molecular complexity index is 1440. The Kier molecular flexibility index (Phi) is 4.18. The van der Waals surface area contributed by atoms with Crippen LogP contribution in [0, 0.1) is 11.8 Å². The molecule has 2 aromatic carbocycles. The fourth-order valence-electron chi connectivity index (χ4n) is 5.86. The Labute approximate surface area is 209 Å². The van der Waals surface area contributed by atoms with E-state index in [2.05, 4.69) is 52.2 Å². The molecule has 1 aromatic heterocycles. The number of benzene rings is 2. The summed E-state index contributed by atoms with van der Waals surface area (Å²) in [5.41, 5.74) is 3.98. The minimum Gasteiger partial charge on any atom is -0.342 e. The van der Waals surface area contributed by atoms with Crippen molar-refractivity contribution in [2.24, 2.45) is 16.8 Å². The highest BCUT2D eigenvalue weighted by atomic mass is 16.2. The van der Waals surface area contributed by atoms with Gasteiger partial charge in [0.25, 0.3) is 5.91 Å². The third kappa shape index (κ3) is 3.25. The van der Waals surface area contributed by atoms with Gasteiger partial charge in [0.15, 0.2) is 0 Å². The lowest BCUT2D eigenvalue weighted by Gasteiger charge is -2.41. The van der Waals surface area contributed by atoms with Gasteiger partial charge >= 0.3 is 0 Å². The molecule has 3 aromatic rings. The topological polar surface area (TPSA) is 70.8 Å². The summed E-state index contributed by atoms with van der Waals surface area (Å²) in [5, 5.41) is 5.77. The number of amidine groups is 1. The number of carbonyl (C=O) groups excluding carboxylic acids is 2. The first kappa shape index (κ1) is 20.7. The Morgan fingerprint density at radius 1 is 0.944 bits per heavy atom. The van der Waals surface area contributed by atoms with E-state index in [9.17, 15) is 9.59 Å². The highest BCUT2D eigenvalue weighted by Gasteiger charge is 2.57. The molecule has 1 spiro atoms. The van der Waals surface area contributed by atoms with E-state index in [1.807, 2.05) is 16.0 Å². The average Bonchev–Trinajstić information content (AvgIpc) is 3.75. The van der Waals surface area contributed by atoms with Gasteiger partial charge in [-0.2, -0.15) is 5.10 Å². The first-order valence-corrected chi connectivity index (χ1v) is 13.4. The van der Waals surface area contributed by atoms with Gasteiger partial charge in [0.05, 0.1) is 17.8 Å². The summed E-state index contributed by atoms with van der Waals surface area (Å²) in [5.74, 6) is 1.85. The molecular formula is C29H29N5O2. The SMILES string of the molecule is O=C(C1CC1)N1CC(CN2C(=O)C3(CC3)N=C2c2ccc(-c3ccc4c(cnn4C4CC4)c3)cc2)C1. The average molecular weight is 480 g/mol. The highest BCUT2D eigenvalue weighted by molar-refractivity contribution is 6.16. The summed E-state index contributed by atoms with van der Waals surface area (Å²) in [6.07, 6.45) is 8.18. The van der Waals surface area contributed by atoms with Crippen LogP contribution in [-0.2, 0) is 9.59 Å². The molecule has 0 N–H and O–H groups in total. The van der Waals surface area contributed by atoms with Crippen molar-refractivity contribution in [3.05, 3.63) is 54.2 Å². The molecular weight excluding hydrogens is 450 g/mol. The van der Waals surface area contributed by atoms with E-state index in [4.69, 9.17) is 4.99 Å². The minimum atomic E-state index is -0.520. The number of rotatable bonds is 6. The van der Waals surface area contributed by atoms with Crippen molar-refractivity contribution in [3.8, 4) is 11.1 Å². The zero-order chi connectivity index (χ0) is 24.0. The van der Waals surface area contributed by atoms with Crippen LogP contribution >= 0.6 is 0 Å². The predicted octanol–water partition coefficient (Wildman–Crippen LogP) is 4.03. The number of nitrogens with zero attached hydrogens (tertiary/aromatic N) is 5. The van der Waals surface area contributed by atoms with Crippen molar-refractivity contribution in [1.82, 2.24) is 19.6 Å². The smallest absolute Gasteiger partial charge is 0.256 e. The van der Waals surface area contributed by atoms with Gasteiger partial charge in [-0.3, -0.25) is 24.2 Å². The molecule has 8 rings (SSSR count). The molecule has 5 aliphatic rings. The van der Waals surface area contributed by atoms with Crippen LogP contribution in [0.15, 0.2) is 53.7 Å². The van der Waals surface area contributed by atoms with Crippen molar-refractivity contribution in [2.45, 2.75) is 50.1 Å². The van der Waals surface area contributed by atoms with Crippen molar-refractivity contribution < 1.29 is 9.59 Å². The minimum absolute atomic E-state index is 0.145. The Hall–Kier alpha value is -3.48. The summed E-state index contributed by atoms with van der Waals surface area (Å²) >= 11 is 0. The summed E-state index contributed by atoms with van der Waals surface area (Å²) in [6.45, 7) is 2.17. The van der Waals surface area contributed by atoms with Crippen molar-refractivity contribution in [1.29, 1.82) is 0 Å². The van der Waals surface area contributed by atoms with E-state index in [0.717, 1.165) is 55.7 Å². The first-order valence-electron chi connectivity index (χ1n) is 13.4. The zero-order valence-electron chi connectivity index (χ0n) is 20.3. The van der Waals surface area contributed by atoms with E-state index >= 15 is 0 Å². The summed E-state index contributed by atoms with van der Waals surface area (Å²) in [4.78, 5) is 34.4. The van der Waals surface area contributed by atoms with E-state index in [-0.39, 0.29) is 11.8 Å². The standard InChI is InChI=1S/C29H29N5O2/c35-27(21-5-6-21)32-15-18(16-32)17-33-26(31-29(11-12-29)28(33)36)20-3-1-19(2-4-20)22-7-10-25-23(13-22)14-30-34(25)24-8-9-24/h1-4,7,10,13-14,18,21,24H,5-6,8-9,11-12,15-17H2. The fourth-order valence-corrected chi connectivity index (χ4v) is 5.86. The third-order valence-corrected chi connectivity index (χ3v) is 8.54. The number of hydrogen-bond donors (Lipinski definition) is 0. The maximum Gasteiger partial charge on any atom is 0.256 e. The molecule has 4 fully saturated rings. The largest absolute Gasteiger partial charge is 0.342 e. The molecule has 0 atom stereocenters. The number of hydrogen-bond acceptors (Lipinski definition) is 4. The van der Waals surface area contributed by atoms with Gasteiger partial charge < -0.3 is 4.90 Å². The maximum absolute atomic E-state index is 13.3. The second-order valence-electron chi connectivity index (χ2n) is 11.4. The molecule has 1 saturated heterocycles. The lowest BCUT2D eigenvalue weighted by atomic mass is 9.97. The number of fused-ring (bicyclic) bond motifs is 1. The highest BCUT2D eigenvalue weighted by Crippen LogP contribution is 2.46. The van der Waals surface area contributed by atoms with E-state index in [1.165, 1.54) is 29.3 Å². The molecule has 0 radical (unpaired) electrons. The monoisotopic (exact) mass is 479 g/mol. The van der Waals surface area contributed by atoms with Crippen LogP contribution in [0.3, 0.4) is 0 Å². The van der Waals surface area contributed by atoms with Crippen molar-refractivity contribution in [2.75, 3.05) is 19.6 Å². The van der Waals surface area contributed by atoms with Gasteiger partial charge in [-0.25, -0.2) is 0 Å². The van der Waals surface area contributed by atoms with Crippen LogP contribution in [0.4, 0.5) is 0 Å². The number of carbonyl (C=O) groups is 2. The molecule has 7 heteroatoms. The van der Waals surface area contributed by atoms with Gasteiger partial charge in [0.2, 0.25) is 5.91 Å². The number of aromatic nitrogens is 2. The molecule has 182 valence electrons. The summed E-state index contributed by atoms with van der Waals surface area (Å²) < 4.78 is 2.16. The van der Waals surface area contributed by atoms with Gasteiger partial charge in [0, 0.05) is 42.4 Å². The summed E-state index contributed by atoms with van der Waals surface area (Å²) in [6, 6.07) is 15.6. The maximum atomic E-state index is 13.3. The quantitative estimate of drug-likeness (QED) is 0.536. The van der Waals surface area contributed by atoms with Crippen LogP contribution in [0.5, 0.6) is 0 Å². The second kappa shape index (κ2) is 7.28. The molecule has 7 nitrogen and oxygen atoms in total. The number of amides is 2. The van der Waals surface area contributed by atoms with Gasteiger partial charge in [-0.1, -0.05) is 30.3 Å². The second-order valence-corrected chi connectivity index (χ2v) is 11.4. The predicted molar refractivity (Wildman–Crippen MR) is 136 cm³/mol. The Morgan fingerprint density at radius 3 is 2.36 bits per heavy atom. The molecule has 2 amide bonds. The van der Waals surface area contributed by atoms with Crippen molar-refractivity contribution in [3.63, 3.8) is 0 Å². The van der Waals surface area contributed by atoms with E-state index in [1.54, 1.807) is 0 Å². The zero-order valence-corrected chi connectivity index (χ0v) is 20.3. The van der Waals surface area contributed by atoms with Crippen LogP contribution in [0.1, 0.15) is 50.1 Å². The van der Waals surface area contributed by atoms with Gasteiger partial charge in [-0.05, 0) is 61.8 Å². The molecule has 3 aliphatic carbocycles. The molecule has 3 saturated carbocycles. The van der Waals surface area contributed by atoms with Gasteiger partial charge in [0.1, 0.15) is 11.4 Å². The molecule has 0 bridgehead atoms. The number of likely N-dealkylation sites (tertiary alicyclic amines) is 1.